The molecule has 3 rings (SSSR count). The van der Waals surface area contributed by atoms with Gasteiger partial charge in [0.05, 0.1) is 0 Å². The van der Waals surface area contributed by atoms with Gasteiger partial charge in [-0.25, -0.2) is 9.37 Å². The predicted molar refractivity (Wildman–Crippen MR) is 63.9 cm³/mol. The second-order valence-corrected chi connectivity index (χ2v) is 4.23. The number of rotatable bonds is 1. The van der Waals surface area contributed by atoms with E-state index in [2.05, 4.69) is 15.0 Å². The maximum Gasteiger partial charge on any atom is 0.280 e. The molecule has 0 amide bonds. The summed E-state index contributed by atoms with van der Waals surface area (Å²) in [4.78, 5) is 21.6. The van der Waals surface area contributed by atoms with Crippen molar-refractivity contribution in [3.8, 4) is 0 Å². The van der Waals surface area contributed by atoms with Gasteiger partial charge in [-0.3, -0.25) is 14.3 Å². The van der Waals surface area contributed by atoms with Crippen molar-refractivity contribution in [3.05, 3.63) is 28.8 Å². The van der Waals surface area contributed by atoms with Crippen LogP contribution in [0, 0.1) is 0 Å². The zero-order valence-electron chi connectivity index (χ0n) is 9.89. The van der Waals surface area contributed by atoms with Gasteiger partial charge in [-0.15, -0.1) is 0 Å². The van der Waals surface area contributed by atoms with Gasteiger partial charge in [0, 0.05) is 0 Å². The highest BCUT2D eigenvalue weighted by molar-refractivity contribution is 5.70. The van der Waals surface area contributed by atoms with Crippen LogP contribution in [-0.2, 0) is 4.74 Å². The Morgan fingerprint density at radius 3 is 2.95 bits per heavy atom. The lowest BCUT2D eigenvalue weighted by molar-refractivity contribution is -0.0120. The Morgan fingerprint density at radius 2 is 2.30 bits per heavy atom. The number of aliphatic hydroxyl groups is 2. The maximum atomic E-state index is 12.5. The van der Waals surface area contributed by atoms with Gasteiger partial charge in [-0.05, 0) is 0 Å². The third-order valence-corrected chi connectivity index (χ3v) is 3.00. The molecule has 0 spiro atoms. The molecule has 0 saturated carbocycles. The Labute approximate surface area is 110 Å². The Kier molecular flexibility index (Phi) is 2.69. The topological polar surface area (TPSA) is 139 Å². The summed E-state index contributed by atoms with van der Waals surface area (Å²) in [7, 11) is 0. The first-order valence-corrected chi connectivity index (χ1v) is 5.58. The van der Waals surface area contributed by atoms with Gasteiger partial charge in [0.1, 0.15) is 24.9 Å². The van der Waals surface area contributed by atoms with Crippen LogP contribution in [0.15, 0.2) is 23.2 Å². The first-order valence-electron chi connectivity index (χ1n) is 5.58. The Morgan fingerprint density at radius 1 is 1.55 bits per heavy atom. The zero-order chi connectivity index (χ0) is 14.4. The van der Waals surface area contributed by atoms with Gasteiger partial charge >= 0.3 is 0 Å². The fraction of sp³-hybridized carbons (Fsp3) is 0.300. The minimum Gasteiger partial charge on any atom is -0.466 e. The molecule has 3 heterocycles. The molecule has 106 valence electrons. The van der Waals surface area contributed by atoms with Crippen molar-refractivity contribution >= 4 is 17.1 Å². The molecule has 0 aliphatic carbocycles. The van der Waals surface area contributed by atoms with Crippen LogP contribution in [0.2, 0.25) is 0 Å². The molecule has 1 fully saturated rings. The van der Waals surface area contributed by atoms with Crippen molar-refractivity contribution in [2.45, 2.75) is 18.4 Å². The molecule has 2 aromatic heterocycles. The van der Waals surface area contributed by atoms with Crippen molar-refractivity contribution < 1.29 is 19.3 Å². The second-order valence-electron chi connectivity index (χ2n) is 4.23. The molecule has 0 radical (unpaired) electrons. The summed E-state index contributed by atoms with van der Waals surface area (Å²) in [6, 6.07) is 0. The van der Waals surface area contributed by atoms with Crippen LogP contribution >= 0.6 is 0 Å². The molecule has 1 aliphatic heterocycles. The number of halogens is 1. The average molecular weight is 283 g/mol. The number of nitrogens with two attached hydrogens (primary N) is 1. The lowest BCUT2D eigenvalue weighted by Crippen LogP contribution is -2.28. The summed E-state index contributed by atoms with van der Waals surface area (Å²) in [5.74, 6) is -0.555. The van der Waals surface area contributed by atoms with Gasteiger partial charge < -0.3 is 20.7 Å². The molecule has 3 atom stereocenters. The van der Waals surface area contributed by atoms with Crippen LogP contribution in [0.1, 0.15) is 6.23 Å². The number of imidazole rings is 1. The van der Waals surface area contributed by atoms with E-state index in [0.717, 1.165) is 0 Å². The summed E-state index contributed by atoms with van der Waals surface area (Å²) >= 11 is 0. The number of hydrogen-bond acceptors (Lipinski definition) is 7. The van der Waals surface area contributed by atoms with E-state index in [1.165, 1.54) is 10.9 Å². The van der Waals surface area contributed by atoms with Gasteiger partial charge in [-0.2, -0.15) is 4.98 Å². The number of H-pyrrole nitrogens is 1. The summed E-state index contributed by atoms with van der Waals surface area (Å²) in [5.41, 5.74) is 4.93. The Bertz CT molecular complexity index is 754. The van der Waals surface area contributed by atoms with Crippen molar-refractivity contribution in [1.82, 2.24) is 19.5 Å². The summed E-state index contributed by atoms with van der Waals surface area (Å²) in [6.45, 7) is 0. The lowest BCUT2D eigenvalue weighted by atomic mass is 10.2. The molecular weight excluding hydrogens is 273 g/mol. The van der Waals surface area contributed by atoms with E-state index in [-0.39, 0.29) is 23.4 Å². The van der Waals surface area contributed by atoms with E-state index < -0.39 is 29.8 Å². The first-order chi connectivity index (χ1) is 9.52. The standard InChI is InChI=1S/C10H10FN5O4/c11-1-3-5(17)6(18)9(20-3)16-2-13-4-7(16)14-10(12)15-8(4)19/h1-2,5-6,9,17-18H,(H3,12,14,15,19)/b3-1+/t5-,6-,9-/m1/s1. The summed E-state index contributed by atoms with van der Waals surface area (Å²) < 4.78 is 18.8. The van der Waals surface area contributed by atoms with Crippen LogP contribution in [0.3, 0.4) is 0 Å². The molecule has 2 aromatic rings. The largest absolute Gasteiger partial charge is 0.466 e. The fourth-order valence-corrected chi connectivity index (χ4v) is 2.04. The fourth-order valence-electron chi connectivity index (χ4n) is 2.04. The third kappa shape index (κ3) is 1.66. The number of hydrogen-bond donors (Lipinski definition) is 4. The van der Waals surface area contributed by atoms with E-state index in [1.807, 2.05) is 0 Å². The van der Waals surface area contributed by atoms with Crippen LogP contribution in [0.25, 0.3) is 11.2 Å². The Balaban J connectivity index is 2.14. The number of aromatic amines is 1. The minimum atomic E-state index is -1.51. The molecule has 10 heteroatoms. The number of anilines is 1. The maximum absolute atomic E-state index is 12.5. The smallest absolute Gasteiger partial charge is 0.280 e. The van der Waals surface area contributed by atoms with Gasteiger partial charge in [0.2, 0.25) is 12.2 Å². The third-order valence-electron chi connectivity index (χ3n) is 3.00. The number of fused-ring (bicyclic) bond motifs is 1. The SMILES string of the molecule is Nc1nc2c(ncn2[C@@H]2O/C(=C/F)[C@@H](O)[C@H]2O)c(=O)[nH]1. The van der Waals surface area contributed by atoms with Gasteiger partial charge in [-0.1, -0.05) is 0 Å². The number of nitrogen functional groups attached to an aromatic ring is 1. The van der Waals surface area contributed by atoms with E-state index in [1.54, 1.807) is 0 Å². The molecule has 9 nitrogen and oxygen atoms in total. The zero-order valence-corrected chi connectivity index (χ0v) is 9.89. The number of aromatic nitrogens is 4. The number of nitrogens with zero attached hydrogens (tertiary/aromatic N) is 3. The average Bonchev–Trinajstić information content (AvgIpc) is 2.93. The molecule has 0 aromatic carbocycles. The van der Waals surface area contributed by atoms with Crippen LogP contribution < -0.4 is 11.3 Å². The van der Waals surface area contributed by atoms with Crippen LogP contribution in [0.5, 0.6) is 0 Å². The second kappa shape index (κ2) is 4.28. The minimum absolute atomic E-state index is 0.0119. The lowest BCUT2D eigenvalue weighted by Gasteiger charge is -2.15. The van der Waals surface area contributed by atoms with Crippen LogP contribution in [0.4, 0.5) is 10.3 Å². The molecule has 0 unspecified atom stereocenters. The van der Waals surface area contributed by atoms with E-state index in [9.17, 15) is 19.4 Å². The van der Waals surface area contributed by atoms with E-state index in [0.29, 0.717) is 0 Å². The van der Waals surface area contributed by atoms with Gasteiger partial charge in [0.25, 0.3) is 5.56 Å². The van der Waals surface area contributed by atoms with Crippen molar-refractivity contribution in [2.24, 2.45) is 0 Å². The van der Waals surface area contributed by atoms with E-state index >= 15 is 0 Å². The quantitative estimate of drug-likeness (QED) is 0.513. The van der Waals surface area contributed by atoms with E-state index in [4.69, 9.17) is 10.5 Å². The predicted octanol–water partition coefficient (Wildman–Crippen LogP) is -1.24. The monoisotopic (exact) mass is 283 g/mol. The Hall–Kier alpha value is -2.46. The number of ether oxygens (including phenoxy) is 1. The van der Waals surface area contributed by atoms with Crippen molar-refractivity contribution in [1.29, 1.82) is 0 Å². The highest BCUT2D eigenvalue weighted by Gasteiger charge is 2.41. The van der Waals surface area contributed by atoms with Crippen molar-refractivity contribution in [2.75, 3.05) is 5.73 Å². The molecule has 5 N–H and O–H groups in total. The summed E-state index contributed by atoms with van der Waals surface area (Å²) in [5, 5.41) is 19.4. The van der Waals surface area contributed by atoms with Crippen LogP contribution in [-0.4, -0.2) is 41.9 Å². The first kappa shape index (κ1) is 12.6. The molecule has 20 heavy (non-hydrogen) atoms. The highest BCUT2D eigenvalue weighted by Crippen LogP contribution is 2.33. The molecule has 0 bridgehead atoms. The molecule has 1 saturated heterocycles. The molecule has 1 aliphatic rings. The van der Waals surface area contributed by atoms with Crippen molar-refractivity contribution in [3.63, 3.8) is 0 Å². The highest BCUT2D eigenvalue weighted by atomic mass is 19.1. The summed E-state index contributed by atoms with van der Waals surface area (Å²) in [6.07, 6.45) is -2.86. The molecular formula is C10H10FN5O4. The number of aliphatic hydroxyl groups excluding tert-OH is 2. The normalized spacial score (nSPS) is 28.1. The number of nitrogens with one attached hydrogen (secondary N) is 1. The van der Waals surface area contributed by atoms with Gasteiger partial charge in [0.15, 0.2) is 16.9 Å².